The van der Waals surface area contributed by atoms with Crippen molar-refractivity contribution >= 4 is 5.91 Å². The highest BCUT2D eigenvalue weighted by Gasteiger charge is 2.29. The van der Waals surface area contributed by atoms with Crippen LogP contribution >= 0.6 is 0 Å². The second-order valence-corrected chi connectivity index (χ2v) is 6.54. The molecule has 0 aromatic carbocycles. The van der Waals surface area contributed by atoms with Crippen LogP contribution in [0.25, 0.3) is 0 Å². The third kappa shape index (κ3) is 5.06. The van der Waals surface area contributed by atoms with E-state index in [1.54, 1.807) is 4.90 Å². The molecule has 1 rings (SSSR count). The smallest absolute Gasteiger partial charge is 0.222 e. The average molecular weight is 284 g/mol. The molecule has 1 aliphatic rings. The van der Waals surface area contributed by atoms with Crippen LogP contribution in [0, 0.1) is 11.8 Å². The Morgan fingerprint density at radius 1 is 1.30 bits per heavy atom. The predicted molar refractivity (Wildman–Crippen MR) is 82.3 cm³/mol. The van der Waals surface area contributed by atoms with Crippen molar-refractivity contribution in [2.24, 2.45) is 17.6 Å². The molecule has 3 unspecified atom stereocenters. The van der Waals surface area contributed by atoms with Crippen LogP contribution in [-0.4, -0.2) is 41.7 Å². The van der Waals surface area contributed by atoms with Gasteiger partial charge in [0, 0.05) is 13.5 Å². The summed E-state index contributed by atoms with van der Waals surface area (Å²) in [7, 11) is 1.84. The SMILES string of the molecule is CC(C)C(CCN)CCC(=O)N(C)C1CCCCC1O. The Balaban J connectivity index is 2.44. The van der Waals surface area contributed by atoms with Gasteiger partial charge in [-0.25, -0.2) is 0 Å². The summed E-state index contributed by atoms with van der Waals surface area (Å²) in [6.07, 6.45) is 6.06. The van der Waals surface area contributed by atoms with E-state index in [0.29, 0.717) is 24.8 Å². The Labute approximate surface area is 123 Å². The molecule has 1 aliphatic carbocycles. The van der Waals surface area contributed by atoms with Gasteiger partial charge in [-0.2, -0.15) is 0 Å². The van der Waals surface area contributed by atoms with Crippen molar-refractivity contribution in [3.63, 3.8) is 0 Å². The normalized spacial score (nSPS) is 24.7. The molecular formula is C16H32N2O2. The van der Waals surface area contributed by atoms with Gasteiger partial charge in [-0.3, -0.25) is 4.79 Å². The minimum absolute atomic E-state index is 0.0169. The molecule has 4 heteroatoms. The maximum Gasteiger partial charge on any atom is 0.222 e. The van der Waals surface area contributed by atoms with Crippen LogP contribution < -0.4 is 5.73 Å². The topological polar surface area (TPSA) is 66.6 Å². The maximum absolute atomic E-state index is 12.3. The number of aliphatic hydroxyl groups excluding tert-OH is 1. The van der Waals surface area contributed by atoms with Gasteiger partial charge in [0.2, 0.25) is 5.91 Å². The Morgan fingerprint density at radius 3 is 2.50 bits per heavy atom. The Bertz CT molecular complexity index is 294. The Kier molecular flexibility index (Phi) is 7.52. The van der Waals surface area contributed by atoms with Gasteiger partial charge < -0.3 is 15.7 Å². The first kappa shape index (κ1) is 17.4. The summed E-state index contributed by atoms with van der Waals surface area (Å²) < 4.78 is 0. The van der Waals surface area contributed by atoms with Gasteiger partial charge in [-0.15, -0.1) is 0 Å². The van der Waals surface area contributed by atoms with Crippen LogP contribution in [0.3, 0.4) is 0 Å². The van der Waals surface area contributed by atoms with Crippen molar-refractivity contribution in [2.45, 2.75) is 70.9 Å². The van der Waals surface area contributed by atoms with E-state index >= 15 is 0 Å². The molecule has 20 heavy (non-hydrogen) atoms. The summed E-state index contributed by atoms with van der Waals surface area (Å²) in [5.41, 5.74) is 5.64. The number of nitrogens with zero attached hydrogens (tertiary/aromatic N) is 1. The van der Waals surface area contributed by atoms with E-state index in [1.807, 2.05) is 7.05 Å². The first-order valence-electron chi connectivity index (χ1n) is 8.11. The van der Waals surface area contributed by atoms with Gasteiger partial charge >= 0.3 is 0 Å². The van der Waals surface area contributed by atoms with Crippen molar-refractivity contribution in [1.29, 1.82) is 0 Å². The summed E-state index contributed by atoms with van der Waals surface area (Å²) in [4.78, 5) is 14.1. The summed E-state index contributed by atoms with van der Waals surface area (Å²) >= 11 is 0. The van der Waals surface area contributed by atoms with Gasteiger partial charge in [0.25, 0.3) is 0 Å². The zero-order chi connectivity index (χ0) is 15.1. The van der Waals surface area contributed by atoms with Gasteiger partial charge in [0.1, 0.15) is 0 Å². The molecule has 0 heterocycles. The molecule has 0 saturated heterocycles. The zero-order valence-electron chi connectivity index (χ0n) is 13.3. The standard InChI is InChI=1S/C16H32N2O2/c1-12(2)13(10-11-17)8-9-16(20)18(3)14-6-4-5-7-15(14)19/h12-15,19H,4-11,17H2,1-3H3. The van der Waals surface area contributed by atoms with Crippen molar-refractivity contribution in [1.82, 2.24) is 4.90 Å². The molecule has 1 saturated carbocycles. The summed E-state index contributed by atoms with van der Waals surface area (Å²) in [5.74, 6) is 1.25. The molecule has 1 amide bonds. The molecule has 3 N–H and O–H groups in total. The number of hydrogen-bond donors (Lipinski definition) is 2. The van der Waals surface area contributed by atoms with E-state index in [4.69, 9.17) is 5.73 Å². The number of hydrogen-bond acceptors (Lipinski definition) is 3. The summed E-state index contributed by atoms with van der Waals surface area (Å²) in [5, 5.41) is 10.0. The van der Waals surface area contributed by atoms with E-state index in [-0.39, 0.29) is 18.1 Å². The Hall–Kier alpha value is -0.610. The number of aliphatic hydroxyl groups is 1. The third-order valence-corrected chi connectivity index (χ3v) is 4.79. The van der Waals surface area contributed by atoms with E-state index < -0.39 is 0 Å². The lowest BCUT2D eigenvalue weighted by atomic mass is 9.87. The van der Waals surface area contributed by atoms with Crippen molar-refractivity contribution in [3.05, 3.63) is 0 Å². The van der Waals surface area contributed by atoms with Crippen LogP contribution in [0.15, 0.2) is 0 Å². The van der Waals surface area contributed by atoms with Crippen molar-refractivity contribution in [2.75, 3.05) is 13.6 Å². The molecule has 0 radical (unpaired) electrons. The molecule has 0 bridgehead atoms. The quantitative estimate of drug-likeness (QED) is 0.753. The minimum atomic E-state index is -0.345. The molecule has 1 fully saturated rings. The number of carbonyl (C=O) groups is 1. The van der Waals surface area contributed by atoms with Crippen LogP contribution in [0.2, 0.25) is 0 Å². The first-order chi connectivity index (χ1) is 9.47. The molecule has 0 spiro atoms. The minimum Gasteiger partial charge on any atom is -0.391 e. The first-order valence-corrected chi connectivity index (χ1v) is 8.11. The number of amides is 1. The fourth-order valence-corrected chi connectivity index (χ4v) is 3.24. The lowest BCUT2D eigenvalue weighted by molar-refractivity contribution is -0.135. The van der Waals surface area contributed by atoms with E-state index in [2.05, 4.69) is 13.8 Å². The largest absolute Gasteiger partial charge is 0.391 e. The molecule has 4 nitrogen and oxygen atoms in total. The highest BCUT2D eigenvalue weighted by atomic mass is 16.3. The molecule has 0 aromatic rings. The van der Waals surface area contributed by atoms with Crippen molar-refractivity contribution < 1.29 is 9.90 Å². The monoisotopic (exact) mass is 284 g/mol. The zero-order valence-corrected chi connectivity index (χ0v) is 13.3. The molecule has 118 valence electrons. The van der Waals surface area contributed by atoms with Gasteiger partial charge in [0.15, 0.2) is 0 Å². The average Bonchev–Trinajstić information content (AvgIpc) is 2.42. The number of likely N-dealkylation sites (N-methyl/N-ethyl adjacent to an activating group) is 1. The third-order valence-electron chi connectivity index (χ3n) is 4.79. The molecular weight excluding hydrogens is 252 g/mol. The molecule has 0 aliphatic heterocycles. The van der Waals surface area contributed by atoms with Crippen LogP contribution in [0.1, 0.15) is 58.8 Å². The predicted octanol–water partition coefficient (Wildman–Crippen LogP) is 2.15. The van der Waals surface area contributed by atoms with Gasteiger partial charge in [-0.05, 0) is 44.1 Å². The lowest BCUT2D eigenvalue weighted by Crippen LogP contribution is -2.46. The number of carbonyl (C=O) groups excluding carboxylic acids is 1. The lowest BCUT2D eigenvalue weighted by Gasteiger charge is -2.35. The van der Waals surface area contributed by atoms with Crippen LogP contribution in [0.5, 0.6) is 0 Å². The molecule has 0 aromatic heterocycles. The second kappa shape index (κ2) is 8.63. The van der Waals surface area contributed by atoms with Gasteiger partial charge in [-0.1, -0.05) is 26.7 Å². The van der Waals surface area contributed by atoms with E-state index in [9.17, 15) is 9.90 Å². The Morgan fingerprint density at radius 2 is 1.95 bits per heavy atom. The number of nitrogens with two attached hydrogens (primary N) is 1. The molecule has 3 atom stereocenters. The highest BCUT2D eigenvalue weighted by Crippen LogP contribution is 2.25. The second-order valence-electron chi connectivity index (χ2n) is 6.54. The summed E-state index contributed by atoms with van der Waals surface area (Å²) in [6.45, 7) is 5.08. The number of rotatable bonds is 7. The van der Waals surface area contributed by atoms with E-state index in [0.717, 1.165) is 38.5 Å². The van der Waals surface area contributed by atoms with Crippen LogP contribution in [0.4, 0.5) is 0 Å². The van der Waals surface area contributed by atoms with Gasteiger partial charge in [0.05, 0.1) is 12.1 Å². The van der Waals surface area contributed by atoms with Crippen LogP contribution in [-0.2, 0) is 4.79 Å². The van der Waals surface area contributed by atoms with E-state index in [1.165, 1.54) is 0 Å². The van der Waals surface area contributed by atoms with Crippen molar-refractivity contribution in [3.8, 4) is 0 Å². The summed E-state index contributed by atoms with van der Waals surface area (Å²) in [6, 6.07) is 0.0169. The highest BCUT2D eigenvalue weighted by molar-refractivity contribution is 5.76. The fraction of sp³-hybridized carbons (Fsp3) is 0.938. The fourth-order valence-electron chi connectivity index (χ4n) is 3.24. The maximum atomic E-state index is 12.3.